The summed E-state index contributed by atoms with van der Waals surface area (Å²) in [6.45, 7) is 0.0217. The van der Waals surface area contributed by atoms with Crippen LogP contribution in [0.4, 0.5) is 5.13 Å². The van der Waals surface area contributed by atoms with E-state index in [4.69, 9.17) is 0 Å². The Morgan fingerprint density at radius 1 is 1.03 bits per heavy atom. The Morgan fingerprint density at radius 2 is 1.66 bits per heavy atom. The van der Waals surface area contributed by atoms with Crippen LogP contribution in [0.5, 0.6) is 0 Å². The van der Waals surface area contributed by atoms with Crippen LogP contribution in [-0.4, -0.2) is 46.4 Å². The highest BCUT2D eigenvalue weighted by atomic mass is 79.9. The Kier molecular flexibility index (Phi) is 5.25. The highest BCUT2D eigenvalue weighted by molar-refractivity contribution is 9.10. The lowest BCUT2D eigenvalue weighted by atomic mass is 10.1. The Morgan fingerprint density at radius 3 is 2.28 bits per heavy atom. The van der Waals surface area contributed by atoms with E-state index in [0.29, 0.717) is 21.3 Å². The number of imide groups is 1. The number of halogens is 1. The molecule has 1 aliphatic heterocycles. The number of rotatable bonds is 5. The van der Waals surface area contributed by atoms with Crippen LogP contribution >= 0.6 is 27.3 Å². The van der Waals surface area contributed by atoms with Crippen molar-refractivity contribution < 1.29 is 14.4 Å². The van der Waals surface area contributed by atoms with Crippen molar-refractivity contribution in [3.05, 3.63) is 64.1 Å². The number of hydrogen-bond donors (Lipinski definition) is 0. The molecular weight excluding hydrogens is 456 g/mol. The quantitative estimate of drug-likeness (QED) is 0.531. The molecule has 0 bridgehead atoms. The van der Waals surface area contributed by atoms with Gasteiger partial charge in [-0.25, -0.2) is 0 Å². The maximum Gasteiger partial charge on any atom is 0.261 e. The van der Waals surface area contributed by atoms with Crippen molar-refractivity contribution in [2.75, 3.05) is 18.5 Å². The van der Waals surface area contributed by atoms with Crippen molar-refractivity contribution in [2.45, 2.75) is 6.42 Å². The van der Waals surface area contributed by atoms with Crippen LogP contribution in [0.1, 0.15) is 27.1 Å². The zero-order valence-electron chi connectivity index (χ0n) is 15.3. The Balaban J connectivity index is 1.41. The van der Waals surface area contributed by atoms with E-state index in [1.807, 2.05) is 24.3 Å². The van der Waals surface area contributed by atoms with Gasteiger partial charge >= 0.3 is 0 Å². The molecule has 0 fully saturated rings. The average molecular weight is 471 g/mol. The molecule has 3 amide bonds. The molecule has 0 unspecified atom stereocenters. The van der Waals surface area contributed by atoms with Gasteiger partial charge in [-0.3, -0.25) is 24.2 Å². The van der Waals surface area contributed by atoms with Crippen molar-refractivity contribution >= 4 is 50.1 Å². The molecule has 9 heteroatoms. The minimum absolute atomic E-state index is 0.00909. The molecule has 2 heterocycles. The largest absolute Gasteiger partial charge is 0.290 e. The van der Waals surface area contributed by atoms with E-state index in [0.717, 1.165) is 14.9 Å². The number of carbonyl (C=O) groups excluding carboxylic acids is 3. The lowest BCUT2D eigenvalue weighted by molar-refractivity contribution is -0.118. The molecule has 1 aliphatic rings. The van der Waals surface area contributed by atoms with Gasteiger partial charge in [0.2, 0.25) is 11.0 Å². The molecule has 7 nitrogen and oxygen atoms in total. The lowest BCUT2D eigenvalue weighted by Crippen LogP contribution is -2.35. The maximum atomic E-state index is 12.6. The van der Waals surface area contributed by atoms with E-state index >= 15 is 0 Å². The predicted molar refractivity (Wildman–Crippen MR) is 113 cm³/mol. The predicted octanol–water partition coefficient (Wildman–Crippen LogP) is 3.62. The van der Waals surface area contributed by atoms with E-state index in [2.05, 4.69) is 26.1 Å². The van der Waals surface area contributed by atoms with Gasteiger partial charge in [0.05, 0.1) is 11.1 Å². The van der Waals surface area contributed by atoms with Crippen LogP contribution in [0.2, 0.25) is 0 Å². The molecule has 0 spiro atoms. The summed E-state index contributed by atoms with van der Waals surface area (Å²) < 4.78 is 0.964. The minimum atomic E-state index is -0.366. The molecule has 4 rings (SSSR count). The fourth-order valence-corrected chi connectivity index (χ4v) is 4.08. The second kappa shape index (κ2) is 7.84. The number of aromatic nitrogens is 2. The van der Waals surface area contributed by atoms with Crippen molar-refractivity contribution in [3.8, 4) is 10.6 Å². The second-order valence-electron chi connectivity index (χ2n) is 6.41. The van der Waals surface area contributed by atoms with Crippen LogP contribution in [0.15, 0.2) is 53.0 Å². The second-order valence-corrected chi connectivity index (χ2v) is 8.28. The van der Waals surface area contributed by atoms with Crippen molar-refractivity contribution in [1.29, 1.82) is 0 Å². The zero-order valence-corrected chi connectivity index (χ0v) is 17.7. The Labute approximate surface area is 179 Å². The number of amides is 3. The number of nitrogens with zero attached hydrogens (tertiary/aromatic N) is 4. The number of fused-ring (bicyclic) bond motifs is 1. The zero-order chi connectivity index (χ0) is 20.5. The molecule has 29 heavy (non-hydrogen) atoms. The summed E-state index contributed by atoms with van der Waals surface area (Å²) in [5.41, 5.74) is 1.66. The molecule has 0 atom stereocenters. The normalized spacial score (nSPS) is 13.0. The summed E-state index contributed by atoms with van der Waals surface area (Å²) in [7, 11) is 1.61. The number of carbonyl (C=O) groups is 3. The summed E-state index contributed by atoms with van der Waals surface area (Å²) in [5, 5.41) is 9.40. The summed E-state index contributed by atoms with van der Waals surface area (Å²) in [5.74, 6) is -0.982. The van der Waals surface area contributed by atoms with Gasteiger partial charge in [-0.2, -0.15) is 0 Å². The summed E-state index contributed by atoms with van der Waals surface area (Å²) in [4.78, 5) is 39.9. The summed E-state index contributed by atoms with van der Waals surface area (Å²) in [6.07, 6.45) is 0.00909. The first kappa shape index (κ1) is 19.4. The summed E-state index contributed by atoms with van der Waals surface area (Å²) >= 11 is 4.69. The van der Waals surface area contributed by atoms with Crippen LogP contribution in [0.3, 0.4) is 0 Å². The number of benzene rings is 2. The fourth-order valence-electron chi connectivity index (χ4n) is 2.98. The van der Waals surface area contributed by atoms with Crippen LogP contribution in [0, 0.1) is 0 Å². The standard InChI is InChI=1S/C20H15BrN4O3S/c1-24(20-23-22-17(29-20)12-6-8-13(21)9-7-12)16(26)10-11-25-18(27)14-4-2-3-5-15(14)19(25)28/h2-9H,10-11H2,1H3. The maximum absolute atomic E-state index is 12.6. The highest BCUT2D eigenvalue weighted by Gasteiger charge is 2.35. The monoisotopic (exact) mass is 470 g/mol. The van der Waals surface area contributed by atoms with Gasteiger partial charge in [0.25, 0.3) is 11.8 Å². The lowest BCUT2D eigenvalue weighted by Gasteiger charge is -2.16. The molecule has 2 aromatic carbocycles. The average Bonchev–Trinajstić information content (AvgIpc) is 3.31. The third kappa shape index (κ3) is 3.70. The molecule has 3 aromatic rings. The SMILES string of the molecule is CN(C(=O)CCN1C(=O)c2ccccc2C1=O)c1nnc(-c2ccc(Br)cc2)s1. The van der Waals surface area contributed by atoms with E-state index in [9.17, 15) is 14.4 Å². The Hall–Kier alpha value is -2.91. The third-order valence-corrected chi connectivity index (χ3v) is 6.17. The van der Waals surface area contributed by atoms with Crippen LogP contribution in [-0.2, 0) is 4.79 Å². The molecule has 0 saturated carbocycles. The Bertz CT molecular complexity index is 1080. The van der Waals surface area contributed by atoms with Gasteiger partial charge < -0.3 is 0 Å². The first-order valence-electron chi connectivity index (χ1n) is 8.77. The summed E-state index contributed by atoms with van der Waals surface area (Å²) in [6, 6.07) is 14.3. The smallest absolute Gasteiger partial charge is 0.261 e. The van der Waals surface area contributed by atoms with Gasteiger partial charge in [0, 0.05) is 30.0 Å². The van der Waals surface area contributed by atoms with Gasteiger partial charge in [-0.05, 0) is 24.3 Å². The van der Waals surface area contributed by atoms with Gasteiger partial charge in [-0.15, -0.1) is 10.2 Å². The van der Waals surface area contributed by atoms with E-state index in [-0.39, 0.29) is 30.7 Å². The van der Waals surface area contributed by atoms with Crippen molar-refractivity contribution in [2.24, 2.45) is 0 Å². The fraction of sp³-hybridized carbons (Fsp3) is 0.150. The van der Waals surface area contributed by atoms with Gasteiger partial charge in [-0.1, -0.05) is 51.5 Å². The highest BCUT2D eigenvalue weighted by Crippen LogP contribution is 2.29. The van der Waals surface area contributed by atoms with Crippen molar-refractivity contribution in [1.82, 2.24) is 15.1 Å². The van der Waals surface area contributed by atoms with E-state index < -0.39 is 0 Å². The molecule has 0 N–H and O–H groups in total. The number of anilines is 1. The topological polar surface area (TPSA) is 83.5 Å². The molecule has 1 aromatic heterocycles. The van der Waals surface area contributed by atoms with Crippen molar-refractivity contribution in [3.63, 3.8) is 0 Å². The third-order valence-electron chi connectivity index (χ3n) is 4.59. The molecule has 0 radical (unpaired) electrons. The molecule has 0 aliphatic carbocycles. The van der Waals surface area contributed by atoms with Crippen LogP contribution in [0.25, 0.3) is 10.6 Å². The molecular formula is C20H15BrN4O3S. The van der Waals surface area contributed by atoms with Gasteiger partial charge in [0.1, 0.15) is 5.01 Å². The van der Waals surface area contributed by atoms with Crippen LogP contribution < -0.4 is 4.90 Å². The molecule has 0 saturated heterocycles. The first-order valence-corrected chi connectivity index (χ1v) is 10.4. The number of hydrogen-bond acceptors (Lipinski definition) is 6. The van der Waals surface area contributed by atoms with E-state index in [1.165, 1.54) is 16.2 Å². The molecule has 146 valence electrons. The minimum Gasteiger partial charge on any atom is -0.290 e. The first-order chi connectivity index (χ1) is 14.0. The van der Waals surface area contributed by atoms with Gasteiger partial charge in [0.15, 0.2) is 0 Å². The van der Waals surface area contributed by atoms with E-state index in [1.54, 1.807) is 31.3 Å².